The molecule has 6 aromatic rings. The van der Waals surface area contributed by atoms with Crippen LogP contribution in [0.4, 0.5) is 0 Å². The Hall–Kier alpha value is -4.81. The first-order valence-electron chi connectivity index (χ1n) is 14.0. The van der Waals surface area contributed by atoms with Crippen LogP contribution in [0.3, 0.4) is 0 Å². The van der Waals surface area contributed by atoms with Gasteiger partial charge in [0.1, 0.15) is 11.2 Å². The maximum absolute atomic E-state index is 14.9. The van der Waals surface area contributed by atoms with Gasteiger partial charge in [0.2, 0.25) is 9.84 Å². The zero-order valence-electron chi connectivity index (χ0n) is 23.3. The maximum Gasteiger partial charge on any atom is 0.207 e. The first-order valence-corrected chi connectivity index (χ1v) is 15.5. The Morgan fingerprint density at radius 2 is 0.581 bits per heavy atom. The van der Waals surface area contributed by atoms with Crippen LogP contribution in [0, 0.1) is 0 Å². The standard InChI is InChI=1S/C38H30O4S/c39-37(29-17-5-1-6-18-29,30-19-7-2-8-20-30)33-25-13-15-27-35(33)43(41,42)36-28-16-14-26-34(36)38(40,31-21-9-3-10-22-31)32-23-11-4-12-24-32/h1-28,39-40H. The van der Waals surface area contributed by atoms with Crippen molar-refractivity contribution in [3.8, 4) is 0 Å². The zero-order valence-corrected chi connectivity index (χ0v) is 24.1. The zero-order chi connectivity index (χ0) is 29.9. The van der Waals surface area contributed by atoms with Crippen LogP contribution < -0.4 is 0 Å². The van der Waals surface area contributed by atoms with E-state index in [-0.39, 0.29) is 20.9 Å². The van der Waals surface area contributed by atoms with Gasteiger partial charge in [0, 0.05) is 11.1 Å². The van der Waals surface area contributed by atoms with E-state index in [0.717, 1.165) is 0 Å². The van der Waals surface area contributed by atoms with E-state index in [9.17, 15) is 18.6 Å². The molecule has 6 rings (SSSR count). The van der Waals surface area contributed by atoms with E-state index in [1.54, 1.807) is 84.9 Å². The summed E-state index contributed by atoms with van der Waals surface area (Å²) in [5, 5.41) is 25.2. The molecule has 0 amide bonds. The number of rotatable bonds is 8. The summed E-state index contributed by atoms with van der Waals surface area (Å²) < 4.78 is 29.7. The third-order valence-electron chi connectivity index (χ3n) is 7.90. The summed E-state index contributed by atoms with van der Waals surface area (Å²) in [4.78, 5) is -0.109. The van der Waals surface area contributed by atoms with Crippen LogP contribution in [-0.2, 0) is 21.0 Å². The fourth-order valence-corrected chi connectivity index (χ4v) is 7.55. The highest BCUT2D eigenvalue weighted by atomic mass is 32.2. The Balaban J connectivity index is 1.62. The molecule has 0 heterocycles. The Kier molecular flexibility index (Phi) is 7.55. The molecule has 0 atom stereocenters. The Morgan fingerprint density at radius 3 is 0.860 bits per heavy atom. The molecular weight excluding hydrogens is 552 g/mol. The van der Waals surface area contributed by atoms with Gasteiger partial charge in [-0.3, -0.25) is 0 Å². The van der Waals surface area contributed by atoms with Crippen LogP contribution in [0.25, 0.3) is 0 Å². The first-order chi connectivity index (χ1) is 20.9. The lowest BCUT2D eigenvalue weighted by atomic mass is 9.80. The number of benzene rings is 6. The Morgan fingerprint density at radius 1 is 0.349 bits per heavy atom. The minimum Gasteiger partial charge on any atom is -0.376 e. The summed E-state index contributed by atoms with van der Waals surface area (Å²) in [6.45, 7) is 0. The molecule has 0 radical (unpaired) electrons. The van der Waals surface area contributed by atoms with Crippen molar-refractivity contribution in [3.05, 3.63) is 203 Å². The van der Waals surface area contributed by atoms with Gasteiger partial charge in [-0.05, 0) is 34.4 Å². The second-order valence-electron chi connectivity index (χ2n) is 10.4. The smallest absolute Gasteiger partial charge is 0.207 e. The molecule has 6 aromatic carbocycles. The van der Waals surface area contributed by atoms with Crippen molar-refractivity contribution < 1.29 is 18.6 Å². The summed E-state index contributed by atoms with van der Waals surface area (Å²) in [6, 6.07) is 49.3. The van der Waals surface area contributed by atoms with Crippen LogP contribution >= 0.6 is 0 Å². The summed E-state index contributed by atoms with van der Waals surface area (Å²) >= 11 is 0. The van der Waals surface area contributed by atoms with Crippen molar-refractivity contribution in [2.45, 2.75) is 21.0 Å². The second-order valence-corrected chi connectivity index (χ2v) is 12.3. The van der Waals surface area contributed by atoms with Crippen LogP contribution in [0.15, 0.2) is 180 Å². The first kappa shape index (κ1) is 28.3. The van der Waals surface area contributed by atoms with E-state index < -0.39 is 21.0 Å². The van der Waals surface area contributed by atoms with E-state index in [4.69, 9.17) is 0 Å². The predicted octanol–water partition coefficient (Wildman–Crippen LogP) is 7.09. The second kappa shape index (κ2) is 11.5. The number of aliphatic hydroxyl groups is 2. The molecule has 0 aliphatic carbocycles. The predicted molar refractivity (Wildman–Crippen MR) is 168 cm³/mol. The lowest BCUT2D eigenvalue weighted by Gasteiger charge is -2.33. The minimum absolute atomic E-state index is 0.0545. The van der Waals surface area contributed by atoms with Crippen molar-refractivity contribution in [1.29, 1.82) is 0 Å². The Bertz CT molecular complexity index is 1720. The molecule has 4 nitrogen and oxygen atoms in total. The van der Waals surface area contributed by atoms with Crippen molar-refractivity contribution in [2.75, 3.05) is 0 Å². The molecule has 212 valence electrons. The van der Waals surface area contributed by atoms with Crippen molar-refractivity contribution in [3.63, 3.8) is 0 Å². The summed E-state index contributed by atoms with van der Waals surface area (Å²) in [5.74, 6) is 0. The molecule has 5 heteroatoms. The van der Waals surface area contributed by atoms with Gasteiger partial charge in [0.15, 0.2) is 0 Å². The van der Waals surface area contributed by atoms with Crippen LogP contribution in [0.2, 0.25) is 0 Å². The van der Waals surface area contributed by atoms with E-state index in [1.165, 1.54) is 12.1 Å². The van der Waals surface area contributed by atoms with E-state index in [0.29, 0.717) is 22.3 Å². The van der Waals surface area contributed by atoms with E-state index in [2.05, 4.69) is 0 Å². The van der Waals surface area contributed by atoms with E-state index in [1.807, 2.05) is 72.8 Å². The summed E-state index contributed by atoms with van der Waals surface area (Å²) in [5.41, 5.74) is -1.02. The number of sulfone groups is 1. The monoisotopic (exact) mass is 582 g/mol. The summed E-state index contributed by atoms with van der Waals surface area (Å²) in [6.07, 6.45) is 0. The van der Waals surface area contributed by atoms with E-state index >= 15 is 0 Å². The molecule has 0 aliphatic heterocycles. The average molecular weight is 583 g/mol. The lowest BCUT2D eigenvalue weighted by molar-refractivity contribution is 0.122. The summed E-state index contributed by atoms with van der Waals surface area (Å²) in [7, 11) is -4.32. The molecular formula is C38H30O4S. The van der Waals surface area contributed by atoms with Gasteiger partial charge in [-0.1, -0.05) is 158 Å². The fourth-order valence-electron chi connectivity index (χ4n) is 5.79. The average Bonchev–Trinajstić information content (AvgIpc) is 3.09. The van der Waals surface area contributed by atoms with Crippen molar-refractivity contribution >= 4 is 9.84 Å². The van der Waals surface area contributed by atoms with Gasteiger partial charge in [-0.2, -0.15) is 0 Å². The highest BCUT2D eigenvalue weighted by Gasteiger charge is 2.42. The Labute approximate surface area is 252 Å². The SMILES string of the molecule is O=S(=O)(c1ccccc1C(O)(c1ccccc1)c1ccccc1)c1ccccc1C(O)(c1ccccc1)c1ccccc1. The molecule has 2 N–H and O–H groups in total. The van der Waals surface area contributed by atoms with Gasteiger partial charge >= 0.3 is 0 Å². The molecule has 0 fully saturated rings. The molecule has 43 heavy (non-hydrogen) atoms. The van der Waals surface area contributed by atoms with Crippen molar-refractivity contribution in [2.24, 2.45) is 0 Å². The van der Waals surface area contributed by atoms with Crippen LogP contribution in [0.5, 0.6) is 0 Å². The molecule has 0 spiro atoms. The van der Waals surface area contributed by atoms with Gasteiger partial charge in [0.05, 0.1) is 9.79 Å². The van der Waals surface area contributed by atoms with Gasteiger partial charge in [-0.25, -0.2) is 8.42 Å². The molecule has 0 aliphatic rings. The van der Waals surface area contributed by atoms with Gasteiger partial charge < -0.3 is 10.2 Å². The third-order valence-corrected chi connectivity index (χ3v) is 9.77. The van der Waals surface area contributed by atoms with Crippen LogP contribution in [-0.4, -0.2) is 18.6 Å². The molecule has 0 saturated carbocycles. The van der Waals surface area contributed by atoms with Crippen molar-refractivity contribution in [1.82, 2.24) is 0 Å². The quantitative estimate of drug-likeness (QED) is 0.188. The lowest BCUT2D eigenvalue weighted by Crippen LogP contribution is -2.32. The highest BCUT2D eigenvalue weighted by molar-refractivity contribution is 7.91. The number of hydrogen-bond donors (Lipinski definition) is 2. The highest BCUT2D eigenvalue weighted by Crippen LogP contribution is 2.44. The molecule has 0 bridgehead atoms. The van der Waals surface area contributed by atoms with Gasteiger partial charge in [-0.15, -0.1) is 0 Å². The van der Waals surface area contributed by atoms with Gasteiger partial charge in [0.25, 0.3) is 0 Å². The third kappa shape index (κ3) is 4.88. The maximum atomic E-state index is 14.9. The normalized spacial score (nSPS) is 12.1. The topological polar surface area (TPSA) is 74.6 Å². The fraction of sp³-hybridized carbons (Fsp3) is 0.0526. The minimum atomic E-state index is -4.32. The molecule has 0 unspecified atom stereocenters. The number of hydrogen-bond acceptors (Lipinski definition) is 4. The van der Waals surface area contributed by atoms with Crippen LogP contribution in [0.1, 0.15) is 33.4 Å². The molecule has 0 aromatic heterocycles. The molecule has 0 saturated heterocycles. The largest absolute Gasteiger partial charge is 0.376 e.